The van der Waals surface area contributed by atoms with Crippen LogP contribution in [0.5, 0.6) is 0 Å². The molecule has 3 heterocycles. The standard InChI is InChI=1S/C21H28N2O3/c1-3-21(25)11-14-10-17(20(24)26-2)19-16(8-9-23(12-14)13-21)15-6-4-5-7-18(15)22-19/h4-7,14,17,22,25H,3,8-13H2,1-2H3/t14-,17+,21?/m0/s1. The van der Waals surface area contributed by atoms with Crippen LogP contribution in [0.3, 0.4) is 0 Å². The topological polar surface area (TPSA) is 65.6 Å². The lowest BCUT2D eigenvalue weighted by Crippen LogP contribution is -2.51. The Labute approximate surface area is 154 Å². The zero-order valence-corrected chi connectivity index (χ0v) is 15.6. The van der Waals surface area contributed by atoms with E-state index in [0.717, 1.165) is 50.1 Å². The minimum Gasteiger partial charge on any atom is -0.469 e. The second-order valence-electron chi connectivity index (χ2n) is 8.01. The highest BCUT2D eigenvalue weighted by Crippen LogP contribution is 2.39. The van der Waals surface area contributed by atoms with Gasteiger partial charge in [-0.2, -0.15) is 0 Å². The summed E-state index contributed by atoms with van der Waals surface area (Å²) in [6.07, 6.45) is 3.09. The molecule has 0 saturated carbocycles. The van der Waals surface area contributed by atoms with Crippen LogP contribution < -0.4 is 0 Å². The maximum atomic E-state index is 12.7. The Hall–Kier alpha value is -1.85. The third-order valence-corrected chi connectivity index (χ3v) is 6.29. The first-order valence-corrected chi connectivity index (χ1v) is 9.65. The highest BCUT2D eigenvalue weighted by molar-refractivity contribution is 5.88. The number of para-hydroxylation sites is 1. The average Bonchev–Trinajstić information content (AvgIpc) is 3.02. The van der Waals surface area contributed by atoms with Crippen LogP contribution in [0.15, 0.2) is 24.3 Å². The number of benzene rings is 1. The number of fused-ring (bicyclic) bond motifs is 5. The Morgan fingerprint density at radius 2 is 2.23 bits per heavy atom. The minimum atomic E-state index is -0.649. The fraction of sp³-hybridized carbons (Fsp3) is 0.571. The number of hydrogen-bond donors (Lipinski definition) is 2. The highest BCUT2D eigenvalue weighted by atomic mass is 16.5. The van der Waals surface area contributed by atoms with E-state index in [4.69, 9.17) is 4.74 Å². The van der Waals surface area contributed by atoms with Gasteiger partial charge < -0.3 is 14.8 Å². The molecule has 2 N–H and O–H groups in total. The van der Waals surface area contributed by atoms with E-state index in [1.54, 1.807) is 0 Å². The summed E-state index contributed by atoms with van der Waals surface area (Å²) in [7, 11) is 1.47. The van der Waals surface area contributed by atoms with Gasteiger partial charge in [0.05, 0.1) is 18.6 Å². The Morgan fingerprint density at radius 3 is 3.00 bits per heavy atom. The van der Waals surface area contributed by atoms with Crippen molar-refractivity contribution in [3.8, 4) is 0 Å². The number of rotatable bonds is 2. The van der Waals surface area contributed by atoms with E-state index in [-0.39, 0.29) is 17.8 Å². The predicted molar refractivity (Wildman–Crippen MR) is 101 cm³/mol. The van der Waals surface area contributed by atoms with Crippen LogP contribution in [0.4, 0.5) is 0 Å². The lowest BCUT2D eigenvalue weighted by molar-refractivity contribution is -0.143. The molecule has 2 aromatic rings. The number of ether oxygens (including phenoxy) is 1. The van der Waals surface area contributed by atoms with Gasteiger partial charge in [-0.15, -0.1) is 0 Å². The first kappa shape index (κ1) is 17.6. The fourth-order valence-electron chi connectivity index (χ4n) is 4.96. The molecule has 140 valence electrons. The molecule has 0 spiro atoms. The lowest BCUT2D eigenvalue weighted by atomic mass is 9.79. The first-order chi connectivity index (χ1) is 12.5. The molecule has 4 rings (SSSR count). The number of piperidine rings is 1. The summed E-state index contributed by atoms with van der Waals surface area (Å²) in [5.41, 5.74) is 2.66. The summed E-state index contributed by atoms with van der Waals surface area (Å²) in [6, 6.07) is 8.26. The molecule has 0 aliphatic carbocycles. The van der Waals surface area contributed by atoms with Crippen LogP contribution in [-0.2, 0) is 16.0 Å². The molecule has 4 atom stereocenters. The zero-order chi connectivity index (χ0) is 18.3. The molecule has 2 unspecified atom stereocenters. The number of nitrogens with one attached hydrogen (secondary N) is 1. The number of aromatic amines is 1. The van der Waals surface area contributed by atoms with E-state index < -0.39 is 5.60 Å². The quantitative estimate of drug-likeness (QED) is 0.812. The molecule has 2 aliphatic heterocycles. The molecule has 2 aliphatic rings. The summed E-state index contributed by atoms with van der Waals surface area (Å²) in [6.45, 7) is 4.62. The molecular weight excluding hydrogens is 328 g/mol. The van der Waals surface area contributed by atoms with Crippen LogP contribution >= 0.6 is 0 Å². The van der Waals surface area contributed by atoms with Gasteiger partial charge in [0.15, 0.2) is 0 Å². The number of nitrogens with zero attached hydrogens (tertiary/aromatic N) is 1. The highest BCUT2D eigenvalue weighted by Gasteiger charge is 2.40. The largest absolute Gasteiger partial charge is 0.469 e. The van der Waals surface area contributed by atoms with E-state index in [0.29, 0.717) is 6.42 Å². The number of H-pyrrole nitrogens is 1. The molecule has 1 saturated heterocycles. The Morgan fingerprint density at radius 1 is 1.42 bits per heavy atom. The van der Waals surface area contributed by atoms with E-state index >= 15 is 0 Å². The van der Waals surface area contributed by atoms with E-state index in [2.05, 4.69) is 22.0 Å². The Balaban J connectivity index is 1.79. The summed E-state index contributed by atoms with van der Waals surface area (Å²) in [5.74, 6) is -0.196. The number of carbonyl (C=O) groups is 1. The van der Waals surface area contributed by atoms with Crippen LogP contribution in [0.2, 0.25) is 0 Å². The van der Waals surface area contributed by atoms with Crippen LogP contribution in [-0.4, -0.2) is 53.3 Å². The molecule has 26 heavy (non-hydrogen) atoms. The minimum absolute atomic E-state index is 0.183. The monoisotopic (exact) mass is 356 g/mol. The first-order valence-electron chi connectivity index (χ1n) is 9.65. The van der Waals surface area contributed by atoms with Crippen molar-refractivity contribution in [2.75, 3.05) is 26.7 Å². The van der Waals surface area contributed by atoms with Gasteiger partial charge in [0.2, 0.25) is 0 Å². The van der Waals surface area contributed by atoms with Crippen molar-refractivity contribution in [1.29, 1.82) is 0 Å². The summed E-state index contributed by atoms with van der Waals surface area (Å²) < 4.78 is 5.16. The second kappa shape index (κ2) is 6.71. The van der Waals surface area contributed by atoms with Gasteiger partial charge in [0.25, 0.3) is 0 Å². The maximum absolute atomic E-state index is 12.7. The summed E-state index contributed by atoms with van der Waals surface area (Å²) in [4.78, 5) is 18.5. The van der Waals surface area contributed by atoms with Crippen molar-refractivity contribution in [3.63, 3.8) is 0 Å². The molecule has 5 heteroatoms. The molecular formula is C21H28N2O3. The third kappa shape index (κ3) is 3.03. The van der Waals surface area contributed by atoms with Crippen molar-refractivity contribution in [2.24, 2.45) is 5.92 Å². The molecule has 5 nitrogen and oxygen atoms in total. The van der Waals surface area contributed by atoms with Crippen molar-refractivity contribution >= 4 is 16.9 Å². The lowest BCUT2D eigenvalue weighted by Gasteiger charge is -2.43. The van der Waals surface area contributed by atoms with Crippen molar-refractivity contribution < 1.29 is 14.6 Å². The second-order valence-corrected chi connectivity index (χ2v) is 8.01. The summed E-state index contributed by atoms with van der Waals surface area (Å²) >= 11 is 0. The van der Waals surface area contributed by atoms with Gasteiger partial charge >= 0.3 is 5.97 Å². The van der Waals surface area contributed by atoms with Crippen LogP contribution in [0.25, 0.3) is 10.9 Å². The number of aliphatic hydroxyl groups is 1. The van der Waals surface area contributed by atoms with Gasteiger partial charge in [0, 0.05) is 36.2 Å². The van der Waals surface area contributed by atoms with Gasteiger partial charge in [-0.3, -0.25) is 9.69 Å². The van der Waals surface area contributed by atoms with Crippen LogP contribution in [0.1, 0.15) is 43.4 Å². The van der Waals surface area contributed by atoms with Crippen LogP contribution in [0, 0.1) is 5.92 Å². The number of esters is 1. The smallest absolute Gasteiger partial charge is 0.314 e. The molecule has 2 bridgehead atoms. The molecule has 0 radical (unpaired) electrons. The number of aromatic nitrogens is 1. The van der Waals surface area contributed by atoms with E-state index in [1.165, 1.54) is 18.1 Å². The zero-order valence-electron chi connectivity index (χ0n) is 15.6. The Bertz CT molecular complexity index is 815. The molecule has 1 aromatic heterocycles. The molecule has 1 aromatic carbocycles. The predicted octanol–water partition coefficient (Wildman–Crippen LogP) is 2.83. The summed E-state index contributed by atoms with van der Waals surface area (Å²) in [5, 5.41) is 12.1. The number of methoxy groups -OCH3 is 1. The van der Waals surface area contributed by atoms with Gasteiger partial charge in [-0.25, -0.2) is 0 Å². The van der Waals surface area contributed by atoms with Crippen molar-refractivity contribution in [2.45, 2.75) is 44.1 Å². The Kier molecular flexibility index (Phi) is 4.53. The third-order valence-electron chi connectivity index (χ3n) is 6.29. The maximum Gasteiger partial charge on any atom is 0.314 e. The number of hydrogen-bond acceptors (Lipinski definition) is 4. The van der Waals surface area contributed by atoms with Gasteiger partial charge in [-0.1, -0.05) is 25.1 Å². The van der Waals surface area contributed by atoms with E-state index in [9.17, 15) is 9.90 Å². The van der Waals surface area contributed by atoms with Gasteiger partial charge in [0.1, 0.15) is 0 Å². The molecule has 0 amide bonds. The average molecular weight is 356 g/mol. The van der Waals surface area contributed by atoms with E-state index in [1.807, 2.05) is 19.1 Å². The fourth-order valence-corrected chi connectivity index (χ4v) is 4.96. The SMILES string of the molecule is CCC1(O)C[C@@H]2C[C@@H](C(=O)OC)c3[nH]c4ccccc4c3CCN(C2)C1. The number of carbonyl (C=O) groups excluding carboxylic acids is 1. The molecule has 1 fully saturated rings. The van der Waals surface area contributed by atoms with Gasteiger partial charge in [-0.05, 0) is 43.2 Å². The van der Waals surface area contributed by atoms with Crippen molar-refractivity contribution in [1.82, 2.24) is 9.88 Å². The van der Waals surface area contributed by atoms with Crippen molar-refractivity contribution in [3.05, 3.63) is 35.5 Å². The normalized spacial score (nSPS) is 31.6.